The van der Waals surface area contributed by atoms with Gasteiger partial charge in [0, 0.05) is 12.1 Å². The van der Waals surface area contributed by atoms with Gasteiger partial charge in [-0.2, -0.15) is 10.2 Å². The molecule has 3 aromatic rings. The fourth-order valence-corrected chi connectivity index (χ4v) is 5.09. The minimum atomic E-state index is -3.79. The van der Waals surface area contributed by atoms with E-state index < -0.39 is 10.0 Å². The first kappa shape index (κ1) is 18.0. The zero-order valence-corrected chi connectivity index (χ0v) is 16.6. The minimum Gasteiger partial charge on any atom is -0.275 e. The summed E-state index contributed by atoms with van der Waals surface area (Å²) in [4.78, 5) is 1.06. The smallest absolute Gasteiger partial charge is 0.266 e. The van der Waals surface area contributed by atoms with E-state index in [1.807, 2.05) is 19.9 Å². The van der Waals surface area contributed by atoms with Crippen molar-refractivity contribution in [2.75, 3.05) is 4.72 Å². The highest BCUT2D eigenvalue weighted by Crippen LogP contribution is 2.31. The number of rotatable bonds is 5. The normalized spacial score (nSPS) is 12.1. The van der Waals surface area contributed by atoms with Gasteiger partial charge in [0.05, 0.1) is 26.3 Å². The van der Waals surface area contributed by atoms with E-state index in [-0.39, 0.29) is 16.8 Å². The Bertz CT molecular complexity index is 1020. The fraction of sp³-hybridized carbons (Fsp3) is 0.333. The summed E-state index contributed by atoms with van der Waals surface area (Å²) in [6.07, 6.45) is 0. The topological polar surface area (TPSA) is 92.7 Å². The van der Waals surface area contributed by atoms with Crippen LogP contribution in [0.25, 0.3) is 10.6 Å². The maximum atomic E-state index is 12.8. The SMILES string of the molecule is Cc1nn(C(C)C)c(C)c1S(=O)(=O)Nc1cc(-c2ccc(Cl)s2)[nH]n1. The Kier molecular flexibility index (Phi) is 4.65. The first-order valence-corrected chi connectivity index (χ1v) is 10.3. The van der Waals surface area contributed by atoms with Crippen molar-refractivity contribution in [2.24, 2.45) is 0 Å². The number of aromatic nitrogens is 4. The Morgan fingerprint density at radius 1 is 1.32 bits per heavy atom. The van der Waals surface area contributed by atoms with Crippen LogP contribution in [-0.4, -0.2) is 28.4 Å². The number of hydrogen-bond donors (Lipinski definition) is 2. The molecule has 3 heterocycles. The van der Waals surface area contributed by atoms with Gasteiger partial charge in [-0.15, -0.1) is 11.3 Å². The van der Waals surface area contributed by atoms with Crippen LogP contribution < -0.4 is 4.72 Å². The number of sulfonamides is 1. The molecule has 0 bridgehead atoms. The molecule has 10 heteroatoms. The third-order valence-corrected chi connectivity index (χ3v) is 6.54. The number of nitrogens with zero attached hydrogens (tertiary/aromatic N) is 3. The zero-order chi connectivity index (χ0) is 18.4. The lowest BCUT2D eigenvalue weighted by Crippen LogP contribution is -2.15. The molecule has 0 aliphatic rings. The molecule has 0 aliphatic heterocycles. The second kappa shape index (κ2) is 6.47. The lowest BCUT2D eigenvalue weighted by Gasteiger charge is -2.09. The van der Waals surface area contributed by atoms with Crippen molar-refractivity contribution in [3.05, 3.63) is 33.9 Å². The van der Waals surface area contributed by atoms with Crippen molar-refractivity contribution < 1.29 is 8.42 Å². The predicted octanol–water partition coefficient (Wildman–Crippen LogP) is 3.99. The van der Waals surface area contributed by atoms with Crippen LogP contribution in [-0.2, 0) is 10.0 Å². The maximum Gasteiger partial charge on any atom is 0.266 e. The number of aryl methyl sites for hydroxylation is 1. The molecule has 0 spiro atoms. The van der Waals surface area contributed by atoms with Crippen molar-refractivity contribution in [3.8, 4) is 10.6 Å². The van der Waals surface area contributed by atoms with Crippen LogP contribution in [0.4, 0.5) is 5.82 Å². The van der Waals surface area contributed by atoms with E-state index in [1.54, 1.807) is 30.7 Å². The Morgan fingerprint density at radius 3 is 2.60 bits per heavy atom. The molecule has 0 amide bonds. The molecule has 7 nitrogen and oxygen atoms in total. The van der Waals surface area contributed by atoms with E-state index in [1.165, 1.54) is 11.3 Å². The molecule has 134 valence electrons. The molecule has 0 atom stereocenters. The molecular formula is C15H18ClN5O2S2. The van der Waals surface area contributed by atoms with E-state index in [2.05, 4.69) is 20.0 Å². The van der Waals surface area contributed by atoms with Gasteiger partial charge >= 0.3 is 0 Å². The van der Waals surface area contributed by atoms with Gasteiger partial charge < -0.3 is 0 Å². The number of anilines is 1. The Hall–Kier alpha value is -1.84. The molecular weight excluding hydrogens is 382 g/mol. The number of nitrogens with one attached hydrogen (secondary N) is 2. The van der Waals surface area contributed by atoms with Gasteiger partial charge in [0.25, 0.3) is 10.0 Å². The third-order valence-electron chi connectivity index (χ3n) is 3.67. The summed E-state index contributed by atoms with van der Waals surface area (Å²) < 4.78 is 30.5. The molecule has 0 unspecified atom stereocenters. The van der Waals surface area contributed by atoms with Gasteiger partial charge in [0.15, 0.2) is 5.82 Å². The molecule has 2 N–H and O–H groups in total. The van der Waals surface area contributed by atoms with Crippen LogP contribution in [0.15, 0.2) is 23.1 Å². The lowest BCUT2D eigenvalue weighted by atomic mass is 10.3. The zero-order valence-electron chi connectivity index (χ0n) is 14.2. The Morgan fingerprint density at radius 2 is 2.04 bits per heavy atom. The highest BCUT2D eigenvalue weighted by Gasteiger charge is 2.26. The van der Waals surface area contributed by atoms with Crippen LogP contribution in [0, 0.1) is 13.8 Å². The number of thiophene rings is 1. The van der Waals surface area contributed by atoms with Crippen molar-refractivity contribution in [1.82, 2.24) is 20.0 Å². The van der Waals surface area contributed by atoms with Gasteiger partial charge in [-0.05, 0) is 39.8 Å². The van der Waals surface area contributed by atoms with E-state index >= 15 is 0 Å². The van der Waals surface area contributed by atoms with Crippen LogP contribution >= 0.6 is 22.9 Å². The number of H-pyrrole nitrogens is 1. The second-order valence-corrected chi connectivity index (χ2v) is 9.25. The van der Waals surface area contributed by atoms with Crippen LogP contribution in [0.3, 0.4) is 0 Å². The van der Waals surface area contributed by atoms with Crippen molar-refractivity contribution in [3.63, 3.8) is 0 Å². The predicted molar refractivity (Wildman–Crippen MR) is 99.8 cm³/mol. The summed E-state index contributed by atoms with van der Waals surface area (Å²) in [5.41, 5.74) is 1.75. The number of aromatic amines is 1. The quantitative estimate of drug-likeness (QED) is 0.678. The number of halogens is 1. The largest absolute Gasteiger partial charge is 0.275 e. The molecule has 0 fully saturated rings. The van der Waals surface area contributed by atoms with Crippen LogP contribution in [0.5, 0.6) is 0 Å². The average molecular weight is 400 g/mol. The minimum absolute atomic E-state index is 0.0724. The molecule has 0 aliphatic carbocycles. The highest BCUT2D eigenvalue weighted by molar-refractivity contribution is 7.92. The average Bonchev–Trinajstić information content (AvgIpc) is 3.18. The van der Waals surface area contributed by atoms with Gasteiger partial charge in [-0.1, -0.05) is 11.6 Å². The standard InChI is InChI=1S/C15H18ClN5O2S2/c1-8(2)21-10(4)15(9(3)19-21)25(22,23)20-14-7-11(17-18-14)12-5-6-13(16)24-12/h5-8H,1-4H3,(H2,17,18,20). The summed E-state index contributed by atoms with van der Waals surface area (Å²) in [6.45, 7) is 7.34. The second-order valence-electron chi connectivity index (χ2n) is 5.91. The molecule has 3 aromatic heterocycles. The molecule has 0 aromatic carbocycles. The number of hydrogen-bond acceptors (Lipinski definition) is 5. The van der Waals surface area contributed by atoms with Gasteiger partial charge in [-0.25, -0.2) is 8.42 Å². The van der Waals surface area contributed by atoms with Gasteiger partial charge in [0.1, 0.15) is 4.90 Å². The molecule has 0 radical (unpaired) electrons. The molecule has 3 rings (SSSR count). The van der Waals surface area contributed by atoms with E-state index in [4.69, 9.17) is 11.6 Å². The van der Waals surface area contributed by atoms with Gasteiger partial charge in [0.2, 0.25) is 0 Å². The Balaban J connectivity index is 1.92. The van der Waals surface area contributed by atoms with Crippen molar-refractivity contribution in [1.29, 1.82) is 0 Å². The summed E-state index contributed by atoms with van der Waals surface area (Å²) in [7, 11) is -3.79. The van der Waals surface area contributed by atoms with Crippen LogP contribution in [0.2, 0.25) is 4.34 Å². The summed E-state index contributed by atoms with van der Waals surface area (Å²) in [5.74, 6) is 0.218. The Labute approximate surface area is 155 Å². The fourth-order valence-electron chi connectivity index (χ4n) is 2.69. The van der Waals surface area contributed by atoms with Crippen molar-refractivity contribution in [2.45, 2.75) is 38.6 Å². The van der Waals surface area contributed by atoms with Gasteiger partial charge in [-0.3, -0.25) is 14.5 Å². The third kappa shape index (κ3) is 3.44. The monoisotopic (exact) mass is 399 g/mol. The summed E-state index contributed by atoms with van der Waals surface area (Å²) >= 11 is 7.31. The van der Waals surface area contributed by atoms with E-state index in [0.29, 0.717) is 21.4 Å². The van der Waals surface area contributed by atoms with E-state index in [0.717, 1.165) is 4.88 Å². The van der Waals surface area contributed by atoms with Crippen molar-refractivity contribution >= 4 is 38.8 Å². The maximum absolute atomic E-state index is 12.8. The van der Waals surface area contributed by atoms with Crippen LogP contribution in [0.1, 0.15) is 31.3 Å². The molecule has 0 saturated carbocycles. The highest BCUT2D eigenvalue weighted by atomic mass is 35.5. The lowest BCUT2D eigenvalue weighted by molar-refractivity contribution is 0.514. The first-order chi connectivity index (χ1) is 11.7. The van der Waals surface area contributed by atoms with E-state index in [9.17, 15) is 8.42 Å². The summed E-state index contributed by atoms with van der Waals surface area (Å²) in [5, 5.41) is 11.2. The molecule has 0 saturated heterocycles. The summed E-state index contributed by atoms with van der Waals surface area (Å²) in [6, 6.07) is 5.33. The molecule has 25 heavy (non-hydrogen) atoms. The first-order valence-electron chi connectivity index (χ1n) is 7.58.